The molecule has 3 heterocycles. The van der Waals surface area contributed by atoms with Crippen molar-refractivity contribution in [3.8, 4) is 11.3 Å². The predicted molar refractivity (Wildman–Crippen MR) is 122 cm³/mol. The van der Waals surface area contributed by atoms with E-state index in [-0.39, 0.29) is 34.3 Å². The molecule has 14 heteroatoms. The summed E-state index contributed by atoms with van der Waals surface area (Å²) in [6.45, 7) is 0.646. The third-order valence-electron chi connectivity index (χ3n) is 4.91. The van der Waals surface area contributed by atoms with Gasteiger partial charge in [-0.25, -0.2) is 19.9 Å². The van der Waals surface area contributed by atoms with Crippen LogP contribution in [0.25, 0.3) is 11.3 Å². The SMILES string of the molecule is O=C(c1ncc[nH]1)c1cnc(NCCNc2ccc([N+](=O)[O-])cn2)nc1-c1ccc(C(F)(F)F)cc1. The largest absolute Gasteiger partial charge is 0.416 e. The number of aromatic amines is 1. The van der Waals surface area contributed by atoms with Crippen molar-refractivity contribution < 1.29 is 22.9 Å². The smallest absolute Gasteiger partial charge is 0.368 e. The number of carbonyl (C=O) groups is 1. The van der Waals surface area contributed by atoms with Gasteiger partial charge < -0.3 is 15.6 Å². The van der Waals surface area contributed by atoms with Gasteiger partial charge in [0.25, 0.3) is 5.69 Å². The second-order valence-corrected chi connectivity index (χ2v) is 7.31. The van der Waals surface area contributed by atoms with Gasteiger partial charge in [-0.2, -0.15) is 13.2 Å². The van der Waals surface area contributed by atoms with Crippen molar-refractivity contribution in [1.29, 1.82) is 0 Å². The molecule has 0 radical (unpaired) electrons. The predicted octanol–water partition coefficient (Wildman–Crippen LogP) is 3.94. The molecule has 0 saturated carbocycles. The number of benzene rings is 1. The van der Waals surface area contributed by atoms with Crippen molar-refractivity contribution in [3.05, 3.63) is 88.3 Å². The molecule has 0 aliphatic rings. The molecule has 1 aromatic carbocycles. The highest BCUT2D eigenvalue weighted by Gasteiger charge is 2.30. The van der Waals surface area contributed by atoms with Crippen molar-refractivity contribution in [2.75, 3.05) is 23.7 Å². The number of alkyl halides is 3. The first-order valence-electron chi connectivity index (χ1n) is 10.4. The van der Waals surface area contributed by atoms with Crippen molar-refractivity contribution in [2.45, 2.75) is 6.18 Å². The number of hydrogen-bond acceptors (Lipinski definition) is 9. The Morgan fingerprint density at radius 1 is 1.00 bits per heavy atom. The molecule has 0 spiro atoms. The molecular weight excluding hydrogens is 481 g/mol. The number of ketones is 1. The number of imidazole rings is 1. The zero-order valence-corrected chi connectivity index (χ0v) is 18.3. The highest BCUT2D eigenvalue weighted by atomic mass is 19.4. The van der Waals surface area contributed by atoms with E-state index in [9.17, 15) is 28.1 Å². The van der Waals surface area contributed by atoms with E-state index < -0.39 is 22.4 Å². The van der Waals surface area contributed by atoms with Gasteiger partial charge in [0.2, 0.25) is 11.7 Å². The third-order valence-corrected chi connectivity index (χ3v) is 4.91. The Hall–Kier alpha value is -4.88. The number of nitrogens with zero attached hydrogens (tertiary/aromatic N) is 5. The molecule has 4 aromatic rings. The fourth-order valence-electron chi connectivity index (χ4n) is 3.15. The first-order chi connectivity index (χ1) is 17.2. The molecule has 4 rings (SSSR count). The molecule has 36 heavy (non-hydrogen) atoms. The van der Waals surface area contributed by atoms with Gasteiger partial charge >= 0.3 is 6.18 Å². The van der Waals surface area contributed by atoms with E-state index in [2.05, 4.69) is 35.6 Å². The van der Waals surface area contributed by atoms with Gasteiger partial charge in [-0.05, 0) is 18.2 Å². The van der Waals surface area contributed by atoms with Crippen molar-refractivity contribution in [2.24, 2.45) is 0 Å². The van der Waals surface area contributed by atoms with Crippen molar-refractivity contribution in [3.63, 3.8) is 0 Å². The first kappa shape index (κ1) is 24.3. The fraction of sp³-hybridized carbons (Fsp3) is 0.136. The van der Waals surface area contributed by atoms with E-state index >= 15 is 0 Å². The van der Waals surface area contributed by atoms with Crippen LogP contribution in [0.5, 0.6) is 0 Å². The lowest BCUT2D eigenvalue weighted by Gasteiger charge is -2.12. The third kappa shape index (κ3) is 5.60. The Bertz CT molecular complexity index is 1360. The molecule has 3 N–H and O–H groups in total. The standard InChI is InChI=1S/C22H17F3N8O3/c23-22(24,25)14-3-1-13(2-4-14)18-16(19(34)20-27-8-9-28-20)12-31-21(32-18)29-10-7-26-17-6-5-15(11-30-17)33(35)36/h1-6,8-9,11-12H,7,10H2,(H,26,30)(H,27,28)(H,29,31,32). The lowest BCUT2D eigenvalue weighted by molar-refractivity contribution is -0.385. The summed E-state index contributed by atoms with van der Waals surface area (Å²) in [5.41, 5.74) is -0.483. The van der Waals surface area contributed by atoms with E-state index in [1.165, 1.54) is 42.9 Å². The summed E-state index contributed by atoms with van der Waals surface area (Å²) < 4.78 is 39.0. The zero-order valence-electron chi connectivity index (χ0n) is 18.3. The second kappa shape index (κ2) is 10.2. The van der Waals surface area contributed by atoms with Crippen LogP contribution in [0.3, 0.4) is 0 Å². The summed E-state index contributed by atoms with van der Waals surface area (Å²) in [5, 5.41) is 16.6. The first-order valence-corrected chi connectivity index (χ1v) is 10.4. The number of pyridine rings is 1. The maximum absolute atomic E-state index is 13.0. The fourth-order valence-corrected chi connectivity index (χ4v) is 3.15. The molecule has 0 unspecified atom stereocenters. The molecule has 3 aromatic heterocycles. The Labute approximate surface area is 201 Å². The number of carbonyl (C=O) groups excluding carboxylic acids is 1. The molecule has 184 valence electrons. The van der Waals surface area contributed by atoms with Crippen LogP contribution in [0, 0.1) is 10.1 Å². The maximum atomic E-state index is 13.0. The number of aromatic nitrogens is 5. The number of nitrogens with one attached hydrogen (secondary N) is 3. The van der Waals surface area contributed by atoms with Crippen molar-refractivity contribution in [1.82, 2.24) is 24.9 Å². The number of rotatable bonds is 9. The number of nitro groups is 1. The summed E-state index contributed by atoms with van der Waals surface area (Å²) in [6, 6.07) is 7.06. The van der Waals surface area contributed by atoms with Crippen LogP contribution in [-0.4, -0.2) is 48.7 Å². The van der Waals surface area contributed by atoms with Gasteiger partial charge in [-0.1, -0.05) is 12.1 Å². The molecule has 0 aliphatic heterocycles. The maximum Gasteiger partial charge on any atom is 0.416 e. The molecule has 0 fully saturated rings. The highest BCUT2D eigenvalue weighted by Crippen LogP contribution is 2.31. The van der Waals surface area contributed by atoms with Crippen LogP contribution in [0.15, 0.2) is 61.2 Å². The minimum absolute atomic E-state index is 0.0345. The Kier molecular flexibility index (Phi) is 6.85. The average Bonchev–Trinajstić information content (AvgIpc) is 3.41. The Morgan fingerprint density at radius 2 is 1.75 bits per heavy atom. The van der Waals surface area contributed by atoms with Crippen LogP contribution in [-0.2, 0) is 6.18 Å². The Morgan fingerprint density at radius 3 is 2.36 bits per heavy atom. The number of hydrogen-bond donors (Lipinski definition) is 3. The van der Waals surface area contributed by atoms with Gasteiger partial charge in [0.05, 0.1) is 21.7 Å². The quantitative estimate of drug-likeness (QED) is 0.135. The average molecular weight is 498 g/mol. The Balaban J connectivity index is 1.52. The normalized spacial score (nSPS) is 11.2. The molecular formula is C22H17F3N8O3. The lowest BCUT2D eigenvalue weighted by Crippen LogP contribution is -2.17. The molecule has 11 nitrogen and oxygen atoms in total. The summed E-state index contributed by atoms with van der Waals surface area (Å²) in [6.07, 6.45) is 0.765. The van der Waals surface area contributed by atoms with E-state index in [0.29, 0.717) is 18.9 Å². The summed E-state index contributed by atoms with van der Waals surface area (Å²) in [4.78, 5) is 42.1. The van der Waals surface area contributed by atoms with E-state index in [1.54, 1.807) is 0 Å². The van der Waals surface area contributed by atoms with Gasteiger partial charge in [-0.15, -0.1) is 0 Å². The summed E-state index contributed by atoms with van der Waals surface area (Å²) in [7, 11) is 0. The molecule has 0 atom stereocenters. The van der Waals surface area contributed by atoms with Crippen LogP contribution < -0.4 is 10.6 Å². The van der Waals surface area contributed by atoms with Crippen LogP contribution in [0.4, 0.5) is 30.6 Å². The van der Waals surface area contributed by atoms with E-state index in [1.807, 2.05) is 0 Å². The van der Waals surface area contributed by atoms with Gasteiger partial charge in [-0.3, -0.25) is 14.9 Å². The monoisotopic (exact) mass is 498 g/mol. The minimum atomic E-state index is -4.50. The molecule has 0 aliphatic carbocycles. The van der Waals surface area contributed by atoms with E-state index in [4.69, 9.17) is 0 Å². The van der Waals surface area contributed by atoms with Crippen LogP contribution in [0.1, 0.15) is 21.7 Å². The number of halogens is 3. The zero-order chi connectivity index (χ0) is 25.7. The lowest BCUT2D eigenvalue weighted by atomic mass is 10.0. The minimum Gasteiger partial charge on any atom is -0.368 e. The second-order valence-electron chi connectivity index (χ2n) is 7.31. The number of anilines is 2. The molecule has 0 saturated heterocycles. The van der Waals surface area contributed by atoms with Crippen LogP contribution in [0.2, 0.25) is 0 Å². The van der Waals surface area contributed by atoms with Crippen molar-refractivity contribution >= 4 is 23.2 Å². The summed E-state index contributed by atoms with van der Waals surface area (Å²) in [5.74, 6) is 0.0761. The molecule has 0 amide bonds. The highest BCUT2D eigenvalue weighted by molar-refractivity contribution is 6.10. The number of H-pyrrole nitrogens is 1. The molecule has 0 bridgehead atoms. The van der Waals surface area contributed by atoms with Gasteiger partial charge in [0, 0.05) is 43.3 Å². The van der Waals surface area contributed by atoms with Gasteiger partial charge in [0.15, 0.2) is 5.82 Å². The van der Waals surface area contributed by atoms with E-state index in [0.717, 1.165) is 18.3 Å². The summed E-state index contributed by atoms with van der Waals surface area (Å²) >= 11 is 0. The van der Waals surface area contributed by atoms with Gasteiger partial charge in [0.1, 0.15) is 12.0 Å². The topological polar surface area (TPSA) is 152 Å². The van der Waals surface area contributed by atoms with Crippen LogP contribution >= 0.6 is 0 Å².